The molecule has 0 aromatic heterocycles. The van der Waals surface area contributed by atoms with E-state index in [1.165, 1.54) is 11.9 Å². The Morgan fingerprint density at radius 3 is 2.38 bits per heavy atom. The van der Waals surface area contributed by atoms with Gasteiger partial charge in [0.25, 0.3) is 0 Å². The maximum absolute atomic E-state index is 12.8. The zero-order valence-electron chi connectivity index (χ0n) is 12.1. The van der Waals surface area contributed by atoms with E-state index in [-0.39, 0.29) is 17.7 Å². The fourth-order valence-electron chi connectivity index (χ4n) is 4.07. The van der Waals surface area contributed by atoms with Gasteiger partial charge in [0.2, 0.25) is 11.8 Å². The third-order valence-corrected chi connectivity index (χ3v) is 5.05. The Kier molecular flexibility index (Phi) is 3.29. The maximum atomic E-state index is 12.8. The van der Waals surface area contributed by atoms with E-state index in [1.54, 1.807) is 0 Å². The number of rotatable bonds is 1. The highest BCUT2D eigenvalue weighted by molar-refractivity contribution is 6.04. The van der Waals surface area contributed by atoms with Gasteiger partial charge in [0, 0.05) is 13.0 Å². The molecule has 2 fully saturated rings. The summed E-state index contributed by atoms with van der Waals surface area (Å²) in [5.74, 6) is -1.56. The molecule has 1 saturated heterocycles. The van der Waals surface area contributed by atoms with Crippen molar-refractivity contribution in [3.05, 3.63) is 35.9 Å². The lowest BCUT2D eigenvalue weighted by Gasteiger charge is -2.45. The summed E-state index contributed by atoms with van der Waals surface area (Å²) in [6, 6.07) is 11.7. The Hall–Kier alpha value is -2.15. The average Bonchev–Trinajstić information content (AvgIpc) is 3.00. The van der Waals surface area contributed by atoms with Gasteiger partial charge in [0.05, 0.1) is 11.5 Å². The number of likely N-dealkylation sites (tertiary alicyclic amines) is 1. The molecule has 1 heterocycles. The first-order valence-corrected chi connectivity index (χ1v) is 7.38. The molecule has 2 unspecified atom stereocenters. The van der Waals surface area contributed by atoms with Gasteiger partial charge in [0.1, 0.15) is 5.92 Å². The molecule has 21 heavy (non-hydrogen) atoms. The van der Waals surface area contributed by atoms with Crippen LogP contribution in [0.3, 0.4) is 0 Å². The maximum Gasteiger partial charge on any atom is 0.246 e. The molecule has 1 aromatic carbocycles. The van der Waals surface area contributed by atoms with Crippen molar-refractivity contribution in [2.24, 2.45) is 11.3 Å². The number of hydrogen-bond donors (Lipinski definition) is 0. The highest BCUT2D eigenvalue weighted by atomic mass is 16.2. The minimum Gasteiger partial charge on any atom is -0.284 e. The number of nitrogens with zero attached hydrogens (tertiary/aromatic N) is 2. The van der Waals surface area contributed by atoms with Crippen molar-refractivity contribution in [2.45, 2.75) is 31.6 Å². The first kappa shape index (κ1) is 13.8. The van der Waals surface area contributed by atoms with Crippen molar-refractivity contribution in [1.29, 1.82) is 5.26 Å². The molecule has 0 radical (unpaired) electrons. The highest BCUT2D eigenvalue weighted by Gasteiger charge is 2.58. The molecule has 2 amide bonds. The van der Waals surface area contributed by atoms with Gasteiger partial charge < -0.3 is 0 Å². The fraction of sp³-hybridized carbons (Fsp3) is 0.471. The topological polar surface area (TPSA) is 61.2 Å². The lowest BCUT2D eigenvalue weighted by molar-refractivity contribution is -0.160. The molecule has 4 nitrogen and oxygen atoms in total. The summed E-state index contributed by atoms with van der Waals surface area (Å²) < 4.78 is 0. The van der Waals surface area contributed by atoms with Crippen LogP contribution in [-0.4, -0.2) is 23.8 Å². The predicted molar refractivity (Wildman–Crippen MR) is 77.0 cm³/mol. The SMILES string of the molecule is CN1C(=O)C(C#N)C(c2ccccc2)C2(CCCC2)C1=O. The van der Waals surface area contributed by atoms with E-state index in [0.717, 1.165) is 31.2 Å². The molecule has 1 aliphatic carbocycles. The second-order valence-electron chi connectivity index (χ2n) is 6.06. The van der Waals surface area contributed by atoms with Gasteiger partial charge in [-0.05, 0) is 18.4 Å². The molecular weight excluding hydrogens is 264 g/mol. The van der Waals surface area contributed by atoms with Crippen LogP contribution in [0.1, 0.15) is 37.2 Å². The Labute approximate surface area is 124 Å². The smallest absolute Gasteiger partial charge is 0.246 e. The minimum atomic E-state index is -0.770. The molecule has 4 heteroatoms. The van der Waals surface area contributed by atoms with Crippen molar-refractivity contribution in [3.8, 4) is 6.07 Å². The van der Waals surface area contributed by atoms with Gasteiger partial charge in [-0.3, -0.25) is 14.5 Å². The molecule has 108 valence electrons. The van der Waals surface area contributed by atoms with Gasteiger partial charge in [-0.2, -0.15) is 5.26 Å². The molecule has 0 bridgehead atoms. The third-order valence-electron chi connectivity index (χ3n) is 5.05. The minimum absolute atomic E-state index is 0.106. The van der Waals surface area contributed by atoms with Crippen molar-refractivity contribution in [1.82, 2.24) is 4.90 Å². The fourth-order valence-corrected chi connectivity index (χ4v) is 4.07. The van der Waals surface area contributed by atoms with Crippen LogP contribution in [-0.2, 0) is 9.59 Å². The van der Waals surface area contributed by atoms with E-state index >= 15 is 0 Å². The summed E-state index contributed by atoms with van der Waals surface area (Å²) >= 11 is 0. The highest BCUT2D eigenvalue weighted by Crippen LogP contribution is 2.55. The second kappa shape index (κ2) is 5.00. The zero-order valence-corrected chi connectivity index (χ0v) is 12.1. The van der Waals surface area contributed by atoms with Crippen molar-refractivity contribution in [2.75, 3.05) is 7.05 Å². The van der Waals surface area contributed by atoms with E-state index in [0.29, 0.717) is 0 Å². The van der Waals surface area contributed by atoms with E-state index in [4.69, 9.17) is 0 Å². The van der Waals surface area contributed by atoms with Crippen LogP contribution >= 0.6 is 0 Å². The number of imide groups is 1. The standard InChI is InChI=1S/C17H18N2O2/c1-19-15(20)13(11-18)14(12-7-3-2-4-8-12)17(16(19)21)9-5-6-10-17/h2-4,7-8,13-14H,5-6,9-10H2,1H3. The lowest BCUT2D eigenvalue weighted by atomic mass is 9.62. The van der Waals surface area contributed by atoms with Crippen molar-refractivity contribution >= 4 is 11.8 Å². The Morgan fingerprint density at radius 1 is 1.19 bits per heavy atom. The molecular formula is C17H18N2O2. The summed E-state index contributed by atoms with van der Waals surface area (Å²) in [5, 5.41) is 9.53. The molecule has 2 aliphatic rings. The molecule has 1 aliphatic heterocycles. The zero-order chi connectivity index (χ0) is 15.0. The van der Waals surface area contributed by atoms with Crippen LogP contribution in [0.25, 0.3) is 0 Å². The lowest BCUT2D eigenvalue weighted by Crippen LogP contribution is -2.56. The van der Waals surface area contributed by atoms with Gasteiger partial charge >= 0.3 is 0 Å². The molecule has 1 aromatic rings. The summed E-state index contributed by atoms with van der Waals surface area (Å²) in [6.07, 6.45) is 3.49. The molecule has 3 rings (SSSR count). The van der Waals surface area contributed by atoms with Crippen LogP contribution in [0, 0.1) is 22.7 Å². The Morgan fingerprint density at radius 2 is 1.81 bits per heavy atom. The summed E-state index contributed by atoms with van der Waals surface area (Å²) in [5.41, 5.74) is 0.352. The van der Waals surface area contributed by atoms with Crippen LogP contribution < -0.4 is 0 Å². The molecule has 1 saturated carbocycles. The quantitative estimate of drug-likeness (QED) is 0.743. The summed E-state index contributed by atoms with van der Waals surface area (Å²) in [6.45, 7) is 0. The molecule has 1 spiro atoms. The normalized spacial score (nSPS) is 27.9. The molecule has 0 N–H and O–H groups in total. The average molecular weight is 282 g/mol. The van der Waals surface area contributed by atoms with E-state index < -0.39 is 11.3 Å². The van der Waals surface area contributed by atoms with Crippen LogP contribution in [0.2, 0.25) is 0 Å². The first-order valence-electron chi connectivity index (χ1n) is 7.38. The van der Waals surface area contributed by atoms with E-state index in [2.05, 4.69) is 6.07 Å². The number of amides is 2. The number of benzene rings is 1. The van der Waals surface area contributed by atoms with Gasteiger partial charge in [-0.15, -0.1) is 0 Å². The molecule has 2 atom stereocenters. The van der Waals surface area contributed by atoms with Gasteiger partial charge in [-0.25, -0.2) is 0 Å². The van der Waals surface area contributed by atoms with Crippen LogP contribution in [0.5, 0.6) is 0 Å². The summed E-state index contributed by atoms with van der Waals surface area (Å²) in [7, 11) is 1.51. The first-order chi connectivity index (χ1) is 10.1. The van der Waals surface area contributed by atoms with E-state index in [9.17, 15) is 14.9 Å². The Bertz CT molecular complexity index is 611. The third kappa shape index (κ3) is 1.88. The predicted octanol–water partition coefficient (Wildman–Crippen LogP) is 2.47. The number of carbonyl (C=O) groups is 2. The van der Waals surface area contributed by atoms with Crippen molar-refractivity contribution in [3.63, 3.8) is 0 Å². The van der Waals surface area contributed by atoms with Crippen LogP contribution in [0.4, 0.5) is 0 Å². The summed E-state index contributed by atoms with van der Waals surface area (Å²) in [4.78, 5) is 26.4. The number of nitriles is 1. The van der Waals surface area contributed by atoms with Crippen molar-refractivity contribution < 1.29 is 9.59 Å². The number of carbonyl (C=O) groups excluding carboxylic acids is 2. The number of hydrogen-bond acceptors (Lipinski definition) is 3. The largest absolute Gasteiger partial charge is 0.284 e. The van der Waals surface area contributed by atoms with Gasteiger partial charge in [0.15, 0.2) is 0 Å². The Balaban J connectivity index is 2.17. The van der Waals surface area contributed by atoms with Gasteiger partial charge in [-0.1, -0.05) is 43.2 Å². The monoisotopic (exact) mass is 282 g/mol. The van der Waals surface area contributed by atoms with Crippen LogP contribution in [0.15, 0.2) is 30.3 Å². The van der Waals surface area contributed by atoms with E-state index in [1.807, 2.05) is 30.3 Å². The second-order valence-corrected chi connectivity index (χ2v) is 6.06. The number of piperidine rings is 1.